The predicted octanol–water partition coefficient (Wildman–Crippen LogP) is 3.55. The normalized spacial score (nSPS) is 25.4. The third kappa shape index (κ3) is 3.24. The Balaban J connectivity index is 2.05. The number of hydrogen-bond donors (Lipinski definition) is 0. The standard InChI is InChI=1S/C14H17NOS/c1-11-13(8-10-16-11)17-14(7-9-15)12-5-3-2-4-6-12/h2-6,11,13-14H,7-8,10H2,1H3. The van der Waals surface area contributed by atoms with Crippen LogP contribution in [0.5, 0.6) is 0 Å². The maximum atomic E-state index is 8.94. The van der Waals surface area contributed by atoms with Gasteiger partial charge in [0.1, 0.15) is 0 Å². The van der Waals surface area contributed by atoms with Crippen molar-refractivity contribution in [3.8, 4) is 6.07 Å². The first kappa shape index (κ1) is 12.5. The van der Waals surface area contributed by atoms with Crippen molar-refractivity contribution in [1.29, 1.82) is 5.26 Å². The molecule has 1 saturated heterocycles. The molecule has 0 bridgehead atoms. The molecule has 3 heteroatoms. The van der Waals surface area contributed by atoms with Gasteiger partial charge in [0, 0.05) is 17.1 Å². The highest BCUT2D eigenvalue weighted by molar-refractivity contribution is 8.00. The Morgan fingerprint density at radius 3 is 2.82 bits per heavy atom. The number of ether oxygens (including phenoxy) is 1. The minimum atomic E-state index is 0.273. The maximum Gasteiger partial charge on any atom is 0.0666 e. The van der Waals surface area contributed by atoms with Gasteiger partial charge in [-0.2, -0.15) is 5.26 Å². The second kappa shape index (κ2) is 6.09. The summed E-state index contributed by atoms with van der Waals surface area (Å²) in [5, 5.41) is 9.74. The van der Waals surface area contributed by atoms with Gasteiger partial charge in [-0.25, -0.2) is 0 Å². The van der Waals surface area contributed by atoms with E-state index in [0.717, 1.165) is 13.0 Å². The Morgan fingerprint density at radius 1 is 1.47 bits per heavy atom. The Labute approximate surface area is 107 Å². The molecule has 1 heterocycles. The van der Waals surface area contributed by atoms with Gasteiger partial charge in [0.05, 0.1) is 18.6 Å². The van der Waals surface area contributed by atoms with Gasteiger partial charge in [-0.1, -0.05) is 30.3 Å². The molecule has 1 fully saturated rings. The van der Waals surface area contributed by atoms with Crippen molar-refractivity contribution in [2.45, 2.75) is 36.4 Å². The van der Waals surface area contributed by atoms with Gasteiger partial charge in [-0.05, 0) is 18.9 Å². The van der Waals surface area contributed by atoms with Crippen molar-refractivity contribution in [2.24, 2.45) is 0 Å². The van der Waals surface area contributed by atoms with Gasteiger partial charge in [0.2, 0.25) is 0 Å². The fraction of sp³-hybridized carbons (Fsp3) is 0.500. The highest BCUT2D eigenvalue weighted by atomic mass is 32.2. The lowest BCUT2D eigenvalue weighted by Gasteiger charge is -2.20. The van der Waals surface area contributed by atoms with Gasteiger partial charge >= 0.3 is 0 Å². The summed E-state index contributed by atoms with van der Waals surface area (Å²) in [6.07, 6.45) is 1.98. The molecule has 3 atom stereocenters. The summed E-state index contributed by atoms with van der Waals surface area (Å²) in [4.78, 5) is 0. The summed E-state index contributed by atoms with van der Waals surface area (Å²) in [6, 6.07) is 12.6. The topological polar surface area (TPSA) is 33.0 Å². The van der Waals surface area contributed by atoms with Gasteiger partial charge in [-0.15, -0.1) is 11.8 Å². The molecule has 0 aliphatic carbocycles. The molecule has 90 valence electrons. The second-order valence-corrected chi connectivity index (χ2v) is 5.75. The van der Waals surface area contributed by atoms with Crippen LogP contribution in [0.15, 0.2) is 30.3 Å². The van der Waals surface area contributed by atoms with E-state index in [-0.39, 0.29) is 5.25 Å². The maximum absolute atomic E-state index is 8.94. The summed E-state index contributed by atoms with van der Waals surface area (Å²) in [7, 11) is 0. The van der Waals surface area contributed by atoms with Crippen LogP contribution >= 0.6 is 11.8 Å². The van der Waals surface area contributed by atoms with Crippen molar-refractivity contribution in [3.63, 3.8) is 0 Å². The van der Waals surface area contributed by atoms with E-state index in [1.165, 1.54) is 5.56 Å². The minimum Gasteiger partial charge on any atom is -0.377 e. The van der Waals surface area contributed by atoms with E-state index in [1.807, 2.05) is 30.0 Å². The second-order valence-electron chi connectivity index (χ2n) is 4.30. The monoisotopic (exact) mass is 247 g/mol. The van der Waals surface area contributed by atoms with E-state index in [4.69, 9.17) is 10.00 Å². The van der Waals surface area contributed by atoms with E-state index < -0.39 is 0 Å². The van der Waals surface area contributed by atoms with E-state index in [0.29, 0.717) is 17.8 Å². The lowest BCUT2D eigenvalue weighted by molar-refractivity contribution is 0.127. The van der Waals surface area contributed by atoms with Crippen LogP contribution in [0.2, 0.25) is 0 Å². The zero-order valence-corrected chi connectivity index (χ0v) is 10.8. The lowest BCUT2D eigenvalue weighted by atomic mass is 10.1. The van der Waals surface area contributed by atoms with E-state index in [2.05, 4.69) is 25.1 Å². The Kier molecular flexibility index (Phi) is 4.47. The van der Waals surface area contributed by atoms with Gasteiger partial charge in [0.15, 0.2) is 0 Å². The van der Waals surface area contributed by atoms with Crippen molar-refractivity contribution in [3.05, 3.63) is 35.9 Å². The molecule has 2 rings (SSSR count). The average Bonchev–Trinajstić information content (AvgIpc) is 2.76. The molecule has 1 aliphatic heterocycles. The molecule has 0 radical (unpaired) electrons. The first-order valence-electron chi connectivity index (χ1n) is 6.00. The van der Waals surface area contributed by atoms with Gasteiger partial charge in [0.25, 0.3) is 0 Å². The fourth-order valence-corrected chi connectivity index (χ4v) is 3.54. The van der Waals surface area contributed by atoms with Crippen LogP contribution in [0.4, 0.5) is 0 Å². The van der Waals surface area contributed by atoms with Crippen molar-refractivity contribution in [1.82, 2.24) is 0 Å². The third-order valence-electron chi connectivity index (χ3n) is 3.09. The van der Waals surface area contributed by atoms with Crippen LogP contribution in [-0.2, 0) is 4.74 Å². The average molecular weight is 247 g/mol. The number of benzene rings is 1. The van der Waals surface area contributed by atoms with Crippen molar-refractivity contribution >= 4 is 11.8 Å². The van der Waals surface area contributed by atoms with Crippen LogP contribution in [0.3, 0.4) is 0 Å². The summed E-state index contributed by atoms with van der Waals surface area (Å²) in [5.41, 5.74) is 1.25. The molecule has 1 aromatic rings. The van der Waals surface area contributed by atoms with Crippen molar-refractivity contribution in [2.75, 3.05) is 6.61 Å². The smallest absolute Gasteiger partial charge is 0.0666 e. The van der Waals surface area contributed by atoms with Crippen LogP contribution in [0.25, 0.3) is 0 Å². The Hall–Kier alpha value is -0.980. The first-order valence-corrected chi connectivity index (χ1v) is 6.94. The van der Waals surface area contributed by atoms with Crippen molar-refractivity contribution < 1.29 is 4.74 Å². The molecule has 0 aromatic heterocycles. The zero-order chi connectivity index (χ0) is 12.1. The SMILES string of the molecule is CC1OCCC1SC(CC#N)c1ccccc1. The molecule has 17 heavy (non-hydrogen) atoms. The minimum absolute atomic E-state index is 0.273. The quantitative estimate of drug-likeness (QED) is 0.815. The number of hydrogen-bond acceptors (Lipinski definition) is 3. The molecule has 1 aromatic carbocycles. The van der Waals surface area contributed by atoms with Gasteiger partial charge in [-0.3, -0.25) is 0 Å². The van der Waals surface area contributed by atoms with Crippen LogP contribution < -0.4 is 0 Å². The molecule has 0 saturated carbocycles. The highest BCUT2D eigenvalue weighted by Crippen LogP contribution is 2.39. The molecule has 3 unspecified atom stereocenters. The first-order chi connectivity index (χ1) is 8.31. The molecular formula is C14H17NOS. The van der Waals surface area contributed by atoms with E-state index in [1.54, 1.807) is 0 Å². The van der Waals surface area contributed by atoms with Crippen LogP contribution in [0.1, 0.15) is 30.6 Å². The zero-order valence-electron chi connectivity index (χ0n) is 10.0. The summed E-state index contributed by atoms with van der Waals surface area (Å²) in [6.45, 7) is 2.98. The predicted molar refractivity (Wildman–Crippen MR) is 70.8 cm³/mol. The number of nitrogens with zero attached hydrogens (tertiary/aromatic N) is 1. The highest BCUT2D eigenvalue weighted by Gasteiger charge is 2.28. The molecule has 1 aliphatic rings. The van der Waals surface area contributed by atoms with E-state index in [9.17, 15) is 0 Å². The number of nitriles is 1. The molecular weight excluding hydrogens is 230 g/mol. The molecule has 0 N–H and O–H groups in total. The third-order valence-corrected chi connectivity index (χ3v) is 4.83. The summed E-state index contributed by atoms with van der Waals surface area (Å²) >= 11 is 1.89. The summed E-state index contributed by atoms with van der Waals surface area (Å²) < 4.78 is 5.58. The van der Waals surface area contributed by atoms with Crippen LogP contribution in [-0.4, -0.2) is 18.0 Å². The van der Waals surface area contributed by atoms with Crippen LogP contribution in [0, 0.1) is 11.3 Å². The number of rotatable bonds is 4. The largest absolute Gasteiger partial charge is 0.377 e. The fourth-order valence-electron chi connectivity index (χ4n) is 2.10. The lowest BCUT2D eigenvalue weighted by Crippen LogP contribution is -2.15. The summed E-state index contributed by atoms with van der Waals surface area (Å²) in [5.74, 6) is 0. The number of thioether (sulfide) groups is 1. The molecule has 0 spiro atoms. The molecule has 0 amide bonds. The molecule has 2 nitrogen and oxygen atoms in total. The Morgan fingerprint density at radius 2 is 2.24 bits per heavy atom. The van der Waals surface area contributed by atoms with Gasteiger partial charge < -0.3 is 4.74 Å². The van der Waals surface area contributed by atoms with E-state index >= 15 is 0 Å². The Bertz CT molecular complexity index is 387.